The van der Waals surface area contributed by atoms with Gasteiger partial charge in [0.15, 0.2) is 11.4 Å². The van der Waals surface area contributed by atoms with Crippen molar-refractivity contribution in [3.8, 4) is 0 Å². The highest BCUT2D eigenvalue weighted by Gasteiger charge is 2.71. The van der Waals surface area contributed by atoms with Crippen molar-refractivity contribution in [1.82, 2.24) is 0 Å². The highest BCUT2D eigenvalue weighted by Crippen LogP contribution is 2.59. The lowest BCUT2D eigenvalue weighted by Gasteiger charge is -2.50. The third kappa shape index (κ3) is 1.13. The van der Waals surface area contributed by atoms with Crippen LogP contribution in [0.15, 0.2) is 0 Å². The molecule has 16 heavy (non-hydrogen) atoms. The fourth-order valence-electron chi connectivity index (χ4n) is 3.82. The Morgan fingerprint density at radius 2 is 1.88 bits per heavy atom. The van der Waals surface area contributed by atoms with Crippen molar-refractivity contribution in [1.29, 1.82) is 0 Å². The molecule has 1 saturated heterocycles. The second-order valence-electron chi connectivity index (χ2n) is 6.86. The van der Waals surface area contributed by atoms with Gasteiger partial charge in [0, 0.05) is 17.3 Å². The number of carbonyl (C=O) groups excluding carboxylic acids is 1. The molecular formula is C13H22O3. The predicted octanol–water partition coefficient (Wildman–Crippen LogP) is 2.74. The molecule has 0 N–H and O–H groups in total. The van der Waals surface area contributed by atoms with E-state index in [2.05, 4.69) is 20.8 Å². The molecule has 0 aromatic carbocycles. The number of ketones is 1. The third-order valence-corrected chi connectivity index (χ3v) is 4.37. The van der Waals surface area contributed by atoms with E-state index in [-0.39, 0.29) is 28.6 Å². The number of rotatable bonds is 0. The Morgan fingerprint density at radius 3 is 2.38 bits per heavy atom. The molecule has 2 bridgehead atoms. The van der Waals surface area contributed by atoms with Gasteiger partial charge in [0.1, 0.15) is 6.10 Å². The normalized spacial score (nSPS) is 42.5. The van der Waals surface area contributed by atoms with E-state index < -0.39 is 5.60 Å². The molecule has 3 heteroatoms. The number of Topliss-reactive ketones (excluding diaryl/α,β-unsaturated/α-hetero) is 1. The first-order valence-corrected chi connectivity index (χ1v) is 6.02. The molecule has 2 fully saturated rings. The Kier molecular flexibility index (Phi) is 2.32. The minimum atomic E-state index is -0.794. The molecular weight excluding hydrogens is 204 g/mol. The van der Waals surface area contributed by atoms with Gasteiger partial charge >= 0.3 is 0 Å². The molecule has 1 aliphatic carbocycles. The van der Waals surface area contributed by atoms with Crippen molar-refractivity contribution in [2.45, 2.75) is 59.7 Å². The van der Waals surface area contributed by atoms with Gasteiger partial charge in [0.05, 0.1) is 0 Å². The lowest BCUT2D eigenvalue weighted by molar-refractivity contribution is -0.333. The summed E-state index contributed by atoms with van der Waals surface area (Å²) in [6.45, 7) is 12.4. The van der Waals surface area contributed by atoms with Crippen LogP contribution in [-0.2, 0) is 14.6 Å². The van der Waals surface area contributed by atoms with Crippen molar-refractivity contribution >= 4 is 5.78 Å². The fraction of sp³-hybridized carbons (Fsp3) is 0.923. The van der Waals surface area contributed by atoms with Gasteiger partial charge in [0.25, 0.3) is 0 Å². The number of fused-ring (bicyclic) bond motifs is 2. The first kappa shape index (κ1) is 12.1. The van der Waals surface area contributed by atoms with Gasteiger partial charge in [-0.05, 0) is 5.92 Å². The Morgan fingerprint density at radius 1 is 1.31 bits per heavy atom. The largest absolute Gasteiger partial charge is 0.296 e. The molecule has 92 valence electrons. The van der Waals surface area contributed by atoms with Crippen LogP contribution in [0.3, 0.4) is 0 Å². The molecule has 0 aromatic rings. The molecule has 0 amide bonds. The Labute approximate surface area is 97.4 Å². The van der Waals surface area contributed by atoms with E-state index in [1.54, 1.807) is 0 Å². The van der Waals surface area contributed by atoms with Gasteiger partial charge in [-0.1, -0.05) is 41.5 Å². The summed E-state index contributed by atoms with van der Waals surface area (Å²) in [6.07, 6.45) is 0.579. The summed E-state index contributed by atoms with van der Waals surface area (Å²) in [7, 11) is 0. The van der Waals surface area contributed by atoms with Gasteiger partial charge in [-0.25, -0.2) is 9.78 Å². The molecule has 2 rings (SSSR count). The molecule has 1 aliphatic heterocycles. The van der Waals surface area contributed by atoms with Crippen LogP contribution < -0.4 is 0 Å². The van der Waals surface area contributed by atoms with Crippen LogP contribution in [-0.4, -0.2) is 17.5 Å². The minimum absolute atomic E-state index is 0.0180. The second-order valence-corrected chi connectivity index (χ2v) is 6.86. The lowest BCUT2D eigenvalue weighted by atomic mass is 9.52. The van der Waals surface area contributed by atoms with Crippen LogP contribution in [0.2, 0.25) is 0 Å². The maximum atomic E-state index is 12.4. The van der Waals surface area contributed by atoms with Gasteiger partial charge in [0.2, 0.25) is 0 Å². The summed E-state index contributed by atoms with van der Waals surface area (Å²) in [5.74, 6) is 0.423. The van der Waals surface area contributed by atoms with Crippen molar-refractivity contribution in [3.05, 3.63) is 0 Å². The third-order valence-electron chi connectivity index (χ3n) is 4.37. The lowest BCUT2D eigenvalue weighted by Crippen LogP contribution is -2.63. The van der Waals surface area contributed by atoms with E-state index in [9.17, 15) is 4.79 Å². The van der Waals surface area contributed by atoms with Crippen molar-refractivity contribution in [3.63, 3.8) is 0 Å². The fourth-order valence-corrected chi connectivity index (χ4v) is 3.82. The standard InChI is InChI=1S/C13H22O3/c1-8-7-9(14)13(11(2,3)4)12(5,6)10(8)15-16-13/h8,10H,7H2,1-6H3. The molecule has 2 aliphatic rings. The highest BCUT2D eigenvalue weighted by molar-refractivity contribution is 5.91. The Balaban J connectivity index is 2.56. The second kappa shape index (κ2) is 3.08. The smallest absolute Gasteiger partial charge is 0.174 e. The monoisotopic (exact) mass is 226 g/mol. The van der Waals surface area contributed by atoms with Crippen LogP contribution in [0.4, 0.5) is 0 Å². The summed E-state index contributed by atoms with van der Waals surface area (Å²) >= 11 is 0. The molecule has 1 saturated carbocycles. The van der Waals surface area contributed by atoms with Crippen molar-refractivity contribution < 1.29 is 14.6 Å². The van der Waals surface area contributed by atoms with E-state index in [1.165, 1.54) is 0 Å². The SMILES string of the molecule is CC1CC(=O)C2(C(C)(C)C)OOC1C2(C)C. The van der Waals surface area contributed by atoms with E-state index >= 15 is 0 Å². The molecule has 3 nitrogen and oxygen atoms in total. The van der Waals surface area contributed by atoms with Gasteiger partial charge in [-0.2, -0.15) is 0 Å². The van der Waals surface area contributed by atoms with Crippen LogP contribution in [0, 0.1) is 16.7 Å². The van der Waals surface area contributed by atoms with Crippen LogP contribution in [0.5, 0.6) is 0 Å². The average Bonchev–Trinajstić information content (AvgIpc) is 2.25. The molecule has 3 unspecified atom stereocenters. The minimum Gasteiger partial charge on any atom is -0.296 e. The quantitative estimate of drug-likeness (QED) is 0.596. The van der Waals surface area contributed by atoms with Gasteiger partial charge < -0.3 is 0 Å². The van der Waals surface area contributed by atoms with Crippen LogP contribution >= 0.6 is 0 Å². The Bertz CT molecular complexity index is 327. The predicted molar refractivity (Wildman–Crippen MR) is 60.7 cm³/mol. The average molecular weight is 226 g/mol. The van der Waals surface area contributed by atoms with Crippen molar-refractivity contribution in [2.75, 3.05) is 0 Å². The summed E-state index contributed by atoms with van der Waals surface area (Å²) in [4.78, 5) is 23.5. The zero-order chi connectivity index (χ0) is 12.4. The number of hydrogen-bond donors (Lipinski definition) is 0. The maximum absolute atomic E-state index is 12.4. The van der Waals surface area contributed by atoms with E-state index in [0.29, 0.717) is 6.42 Å². The van der Waals surface area contributed by atoms with Crippen molar-refractivity contribution in [2.24, 2.45) is 16.7 Å². The molecule has 1 heterocycles. The zero-order valence-electron chi connectivity index (χ0n) is 11.1. The van der Waals surface area contributed by atoms with E-state index in [0.717, 1.165) is 0 Å². The Hall–Kier alpha value is -0.410. The summed E-state index contributed by atoms with van der Waals surface area (Å²) in [6, 6.07) is 0. The highest BCUT2D eigenvalue weighted by atomic mass is 17.2. The topological polar surface area (TPSA) is 35.5 Å². The first-order valence-electron chi connectivity index (χ1n) is 6.02. The van der Waals surface area contributed by atoms with Gasteiger partial charge in [-0.3, -0.25) is 4.79 Å². The molecule has 0 radical (unpaired) electrons. The van der Waals surface area contributed by atoms with E-state index in [1.807, 2.05) is 20.8 Å². The van der Waals surface area contributed by atoms with E-state index in [4.69, 9.17) is 9.78 Å². The molecule has 0 spiro atoms. The number of hydrogen-bond acceptors (Lipinski definition) is 3. The maximum Gasteiger partial charge on any atom is 0.174 e. The summed E-state index contributed by atoms with van der Waals surface area (Å²) < 4.78 is 0. The summed E-state index contributed by atoms with van der Waals surface area (Å²) in [5.41, 5.74) is -1.31. The zero-order valence-corrected chi connectivity index (χ0v) is 11.1. The van der Waals surface area contributed by atoms with Crippen LogP contribution in [0.1, 0.15) is 48.0 Å². The number of carbonyl (C=O) groups is 1. The first-order chi connectivity index (χ1) is 7.14. The van der Waals surface area contributed by atoms with Crippen LogP contribution in [0.25, 0.3) is 0 Å². The molecule has 0 aromatic heterocycles. The molecule has 3 atom stereocenters. The summed E-state index contributed by atoms with van der Waals surface area (Å²) in [5, 5.41) is 0. The van der Waals surface area contributed by atoms with Gasteiger partial charge in [-0.15, -0.1) is 0 Å².